The van der Waals surface area contributed by atoms with Crippen LogP contribution in [-0.2, 0) is 9.59 Å². The zero-order chi connectivity index (χ0) is 17.5. The summed E-state index contributed by atoms with van der Waals surface area (Å²) in [6.07, 6.45) is 2.56. The van der Waals surface area contributed by atoms with Crippen molar-refractivity contribution in [1.82, 2.24) is 0 Å². The van der Waals surface area contributed by atoms with Crippen LogP contribution >= 0.6 is 0 Å². The number of allylic oxidation sites excluding steroid dienone is 1. The minimum absolute atomic E-state index is 0.0219. The van der Waals surface area contributed by atoms with E-state index in [2.05, 4.69) is 0 Å². The molecule has 0 amide bonds. The molecule has 3 saturated carbocycles. The molecule has 4 rings (SSSR count). The van der Waals surface area contributed by atoms with Crippen molar-refractivity contribution in [3.63, 3.8) is 0 Å². The lowest BCUT2D eigenvalue weighted by Crippen LogP contribution is -2.60. The predicted octanol–water partition coefficient (Wildman–Crippen LogP) is 1.14. The summed E-state index contributed by atoms with van der Waals surface area (Å²) >= 11 is 0. The Morgan fingerprint density at radius 2 is 1.79 bits per heavy atom. The SMILES string of the molecule is C[C@]12CC(O)C(O)CC1C(=O)C=C1[C@H]2CC[C@]2(C)C(=O)CC[C@@]12O. The number of ketones is 2. The summed E-state index contributed by atoms with van der Waals surface area (Å²) in [7, 11) is 0. The maximum absolute atomic E-state index is 12.8. The molecule has 0 bridgehead atoms. The average Bonchev–Trinajstić information content (AvgIpc) is 2.75. The first-order valence-electron chi connectivity index (χ1n) is 9.01. The van der Waals surface area contributed by atoms with Crippen LogP contribution < -0.4 is 0 Å². The molecule has 0 aromatic heterocycles. The molecule has 4 aliphatic rings. The van der Waals surface area contributed by atoms with Crippen LogP contribution in [0.1, 0.15) is 52.4 Å². The van der Waals surface area contributed by atoms with Gasteiger partial charge in [0, 0.05) is 12.3 Å². The molecule has 5 heteroatoms. The number of fused-ring (bicyclic) bond motifs is 5. The highest BCUT2D eigenvalue weighted by Crippen LogP contribution is 2.64. The smallest absolute Gasteiger partial charge is 0.159 e. The molecular weight excluding hydrogens is 308 g/mol. The van der Waals surface area contributed by atoms with Gasteiger partial charge in [-0.2, -0.15) is 0 Å². The van der Waals surface area contributed by atoms with Crippen molar-refractivity contribution in [2.45, 2.75) is 70.2 Å². The van der Waals surface area contributed by atoms with E-state index in [1.807, 2.05) is 13.8 Å². The first-order valence-corrected chi connectivity index (χ1v) is 9.01. The number of carbonyl (C=O) groups excluding carboxylic acids is 2. The highest BCUT2D eigenvalue weighted by molar-refractivity contribution is 5.96. The molecule has 3 unspecified atom stereocenters. The van der Waals surface area contributed by atoms with Crippen molar-refractivity contribution in [2.24, 2.45) is 22.7 Å². The van der Waals surface area contributed by atoms with E-state index < -0.39 is 28.6 Å². The normalized spacial score (nSPS) is 54.0. The number of aliphatic hydroxyl groups is 3. The summed E-state index contributed by atoms with van der Waals surface area (Å²) in [5.74, 6) is -0.337. The van der Waals surface area contributed by atoms with Crippen LogP contribution in [0.15, 0.2) is 11.6 Å². The molecule has 0 aromatic carbocycles. The molecule has 0 heterocycles. The lowest BCUT2D eigenvalue weighted by atomic mass is 9.47. The average molecular weight is 334 g/mol. The molecule has 132 valence electrons. The van der Waals surface area contributed by atoms with E-state index in [1.54, 1.807) is 6.08 Å². The van der Waals surface area contributed by atoms with Gasteiger partial charge in [-0.05, 0) is 62.0 Å². The quantitative estimate of drug-likeness (QED) is 0.618. The molecular formula is C19H26O5. The van der Waals surface area contributed by atoms with Gasteiger partial charge in [0.15, 0.2) is 5.78 Å². The number of rotatable bonds is 0. The van der Waals surface area contributed by atoms with Gasteiger partial charge in [0.05, 0.1) is 23.2 Å². The van der Waals surface area contributed by atoms with Gasteiger partial charge >= 0.3 is 0 Å². The summed E-state index contributed by atoms with van der Waals surface area (Å²) in [6.45, 7) is 3.84. The fourth-order valence-corrected chi connectivity index (χ4v) is 6.14. The summed E-state index contributed by atoms with van der Waals surface area (Å²) < 4.78 is 0. The summed E-state index contributed by atoms with van der Waals surface area (Å²) in [6, 6.07) is 0. The Labute approximate surface area is 141 Å². The summed E-state index contributed by atoms with van der Waals surface area (Å²) in [5, 5.41) is 31.6. The van der Waals surface area contributed by atoms with Crippen molar-refractivity contribution in [3.8, 4) is 0 Å². The Hall–Kier alpha value is -1.04. The molecule has 0 aliphatic heterocycles. The van der Waals surface area contributed by atoms with Crippen molar-refractivity contribution in [2.75, 3.05) is 0 Å². The van der Waals surface area contributed by atoms with E-state index in [0.29, 0.717) is 31.3 Å². The van der Waals surface area contributed by atoms with Gasteiger partial charge < -0.3 is 15.3 Å². The number of aliphatic hydroxyl groups excluding tert-OH is 2. The fraction of sp³-hybridized carbons (Fsp3) is 0.789. The molecule has 0 saturated heterocycles. The van der Waals surface area contributed by atoms with Gasteiger partial charge in [-0.15, -0.1) is 0 Å². The van der Waals surface area contributed by atoms with E-state index in [4.69, 9.17) is 0 Å². The lowest BCUT2D eigenvalue weighted by molar-refractivity contribution is -0.154. The molecule has 5 nitrogen and oxygen atoms in total. The van der Waals surface area contributed by atoms with Gasteiger partial charge in [0.1, 0.15) is 5.78 Å². The Morgan fingerprint density at radius 3 is 2.50 bits per heavy atom. The number of hydrogen-bond acceptors (Lipinski definition) is 5. The van der Waals surface area contributed by atoms with E-state index in [9.17, 15) is 24.9 Å². The lowest BCUT2D eigenvalue weighted by Gasteiger charge is -2.58. The van der Waals surface area contributed by atoms with Crippen LogP contribution in [0.3, 0.4) is 0 Å². The maximum atomic E-state index is 12.8. The Bertz CT molecular complexity index is 654. The number of hydrogen-bond donors (Lipinski definition) is 3. The fourth-order valence-electron chi connectivity index (χ4n) is 6.14. The highest BCUT2D eigenvalue weighted by Gasteiger charge is 2.66. The first-order chi connectivity index (χ1) is 11.1. The van der Waals surface area contributed by atoms with Crippen LogP contribution in [0.2, 0.25) is 0 Å². The Morgan fingerprint density at radius 1 is 1.08 bits per heavy atom. The number of carbonyl (C=O) groups is 2. The van der Waals surface area contributed by atoms with E-state index >= 15 is 0 Å². The van der Waals surface area contributed by atoms with Crippen LogP contribution in [0.4, 0.5) is 0 Å². The second-order valence-corrected chi connectivity index (χ2v) is 8.84. The minimum Gasteiger partial charge on any atom is -0.390 e. The molecule has 3 fully saturated rings. The van der Waals surface area contributed by atoms with Crippen molar-refractivity contribution < 1.29 is 24.9 Å². The summed E-state index contributed by atoms with van der Waals surface area (Å²) in [5.41, 5.74) is -1.80. The van der Waals surface area contributed by atoms with Crippen LogP contribution in [0, 0.1) is 22.7 Å². The second-order valence-electron chi connectivity index (χ2n) is 8.84. The molecule has 0 radical (unpaired) electrons. The van der Waals surface area contributed by atoms with Crippen LogP contribution in [0.5, 0.6) is 0 Å². The molecule has 7 atom stereocenters. The van der Waals surface area contributed by atoms with Gasteiger partial charge in [0.2, 0.25) is 0 Å². The first kappa shape index (κ1) is 16.4. The topological polar surface area (TPSA) is 94.8 Å². The van der Waals surface area contributed by atoms with Crippen molar-refractivity contribution in [1.29, 1.82) is 0 Å². The second kappa shape index (κ2) is 4.77. The van der Waals surface area contributed by atoms with E-state index in [1.165, 1.54) is 0 Å². The Balaban J connectivity index is 1.83. The van der Waals surface area contributed by atoms with Crippen molar-refractivity contribution in [3.05, 3.63) is 11.6 Å². The largest absolute Gasteiger partial charge is 0.390 e. The van der Waals surface area contributed by atoms with E-state index in [0.717, 1.165) is 6.42 Å². The third-order valence-electron chi connectivity index (χ3n) is 7.83. The molecule has 0 spiro atoms. The summed E-state index contributed by atoms with van der Waals surface area (Å²) in [4.78, 5) is 25.2. The number of Topliss-reactive ketones (excluding diaryl/α,β-unsaturated/α-hetero) is 1. The molecule has 4 aliphatic carbocycles. The molecule has 0 aromatic rings. The zero-order valence-electron chi connectivity index (χ0n) is 14.3. The Kier molecular flexibility index (Phi) is 3.27. The van der Waals surface area contributed by atoms with Gasteiger partial charge in [-0.1, -0.05) is 6.92 Å². The minimum atomic E-state index is -1.24. The molecule has 24 heavy (non-hydrogen) atoms. The van der Waals surface area contributed by atoms with Crippen molar-refractivity contribution >= 4 is 11.6 Å². The van der Waals surface area contributed by atoms with Gasteiger partial charge in [-0.25, -0.2) is 0 Å². The predicted molar refractivity (Wildman–Crippen MR) is 86.0 cm³/mol. The van der Waals surface area contributed by atoms with Crippen LogP contribution in [-0.4, -0.2) is 44.7 Å². The van der Waals surface area contributed by atoms with Crippen LogP contribution in [0.25, 0.3) is 0 Å². The van der Waals surface area contributed by atoms with Gasteiger partial charge in [0.25, 0.3) is 0 Å². The zero-order valence-corrected chi connectivity index (χ0v) is 14.3. The molecule has 3 N–H and O–H groups in total. The van der Waals surface area contributed by atoms with Gasteiger partial charge in [-0.3, -0.25) is 9.59 Å². The third-order valence-corrected chi connectivity index (χ3v) is 7.83. The standard InChI is InChI=1S/C19H26O5/c1-17-9-15(22)14(21)8-12(17)13(20)7-11-10(17)3-5-18(2)16(23)4-6-19(11,18)24/h7,10,12,14-15,21-22,24H,3-6,8-9H2,1-2H3/t10-,12?,14?,15?,17-,18-,19-/m1/s1. The monoisotopic (exact) mass is 334 g/mol. The highest BCUT2D eigenvalue weighted by atomic mass is 16.3. The van der Waals surface area contributed by atoms with E-state index in [-0.39, 0.29) is 29.8 Å². The maximum Gasteiger partial charge on any atom is 0.159 e. The third kappa shape index (κ3) is 1.76.